The van der Waals surface area contributed by atoms with E-state index >= 15 is 0 Å². The van der Waals surface area contributed by atoms with Crippen LogP contribution in [0.1, 0.15) is 32.1 Å². The lowest BCUT2D eigenvalue weighted by Crippen LogP contribution is -2.32. The number of hydrogen-bond acceptors (Lipinski definition) is 4. The summed E-state index contributed by atoms with van der Waals surface area (Å²) in [6, 6.07) is 0. The average Bonchev–Trinajstić information content (AvgIpc) is 2.42. The van der Waals surface area contributed by atoms with Crippen molar-refractivity contribution in [2.75, 3.05) is 33.7 Å². The summed E-state index contributed by atoms with van der Waals surface area (Å²) >= 11 is 0. The SMILES string of the molecule is CNCCN(C)C/C(=C/N)C(=N)C1CCCCC1. The Hall–Kier alpha value is -0.870. The quantitative estimate of drug-likeness (QED) is 0.603. The number of likely N-dealkylation sites (N-methyl/N-ethyl adjacent to an activating group) is 2. The van der Waals surface area contributed by atoms with Gasteiger partial charge >= 0.3 is 0 Å². The lowest BCUT2D eigenvalue weighted by molar-refractivity contribution is 0.363. The van der Waals surface area contributed by atoms with E-state index in [0.29, 0.717) is 5.92 Å². The van der Waals surface area contributed by atoms with Gasteiger partial charge in [0.2, 0.25) is 0 Å². The smallest absolute Gasteiger partial charge is 0.0404 e. The van der Waals surface area contributed by atoms with E-state index in [4.69, 9.17) is 11.1 Å². The highest BCUT2D eigenvalue weighted by molar-refractivity contribution is 5.99. The summed E-state index contributed by atoms with van der Waals surface area (Å²) in [7, 11) is 4.03. The van der Waals surface area contributed by atoms with Crippen molar-refractivity contribution in [2.45, 2.75) is 32.1 Å². The van der Waals surface area contributed by atoms with Crippen LogP contribution in [0.25, 0.3) is 0 Å². The molecule has 18 heavy (non-hydrogen) atoms. The van der Waals surface area contributed by atoms with Gasteiger partial charge < -0.3 is 21.4 Å². The number of hydrogen-bond donors (Lipinski definition) is 3. The van der Waals surface area contributed by atoms with Crippen LogP contribution in [0.2, 0.25) is 0 Å². The predicted octanol–water partition coefficient (Wildman–Crippen LogP) is 1.58. The van der Waals surface area contributed by atoms with Gasteiger partial charge in [-0.05, 0) is 26.9 Å². The van der Waals surface area contributed by atoms with Crippen LogP contribution in [0.3, 0.4) is 0 Å². The van der Waals surface area contributed by atoms with Crippen molar-refractivity contribution in [3.63, 3.8) is 0 Å². The highest BCUT2D eigenvalue weighted by atomic mass is 15.1. The fraction of sp³-hybridized carbons (Fsp3) is 0.786. The first-order valence-corrected chi connectivity index (χ1v) is 7.01. The molecule has 0 unspecified atom stereocenters. The topological polar surface area (TPSA) is 65.1 Å². The molecule has 0 spiro atoms. The van der Waals surface area contributed by atoms with Crippen LogP contribution >= 0.6 is 0 Å². The van der Waals surface area contributed by atoms with E-state index in [2.05, 4.69) is 17.3 Å². The molecule has 1 aliphatic carbocycles. The Balaban J connectivity index is 2.46. The van der Waals surface area contributed by atoms with Crippen molar-refractivity contribution >= 4 is 5.71 Å². The second kappa shape index (κ2) is 8.27. The second-order valence-electron chi connectivity index (χ2n) is 5.28. The highest BCUT2D eigenvalue weighted by Crippen LogP contribution is 2.26. The molecule has 0 atom stereocenters. The summed E-state index contributed by atoms with van der Waals surface area (Å²) < 4.78 is 0. The van der Waals surface area contributed by atoms with Crippen LogP contribution in [-0.2, 0) is 0 Å². The van der Waals surface area contributed by atoms with Crippen LogP contribution in [0, 0.1) is 11.3 Å². The third-order valence-electron chi connectivity index (χ3n) is 3.74. The van der Waals surface area contributed by atoms with E-state index in [1.165, 1.54) is 19.3 Å². The van der Waals surface area contributed by atoms with Crippen LogP contribution in [-0.4, -0.2) is 44.3 Å². The molecule has 0 saturated heterocycles. The van der Waals surface area contributed by atoms with Crippen molar-refractivity contribution in [1.82, 2.24) is 10.2 Å². The molecule has 0 heterocycles. The maximum Gasteiger partial charge on any atom is 0.0404 e. The molecule has 4 heteroatoms. The van der Waals surface area contributed by atoms with E-state index < -0.39 is 0 Å². The van der Waals surface area contributed by atoms with Crippen molar-refractivity contribution in [3.8, 4) is 0 Å². The molecule has 0 aromatic carbocycles. The normalized spacial score (nSPS) is 18.3. The lowest BCUT2D eigenvalue weighted by Gasteiger charge is -2.26. The van der Waals surface area contributed by atoms with Crippen molar-refractivity contribution in [3.05, 3.63) is 11.8 Å². The molecule has 104 valence electrons. The molecular weight excluding hydrogens is 224 g/mol. The molecule has 0 bridgehead atoms. The van der Waals surface area contributed by atoms with Gasteiger partial charge in [-0.3, -0.25) is 0 Å². The lowest BCUT2D eigenvalue weighted by atomic mass is 9.83. The Kier molecular flexibility index (Phi) is 6.98. The zero-order valence-electron chi connectivity index (χ0n) is 11.8. The minimum absolute atomic E-state index is 0.436. The minimum atomic E-state index is 0.436. The summed E-state index contributed by atoms with van der Waals surface area (Å²) in [6.07, 6.45) is 7.81. The highest BCUT2D eigenvalue weighted by Gasteiger charge is 2.21. The summed E-state index contributed by atoms with van der Waals surface area (Å²) in [5.74, 6) is 0.436. The molecule has 0 radical (unpaired) electrons. The molecule has 0 aromatic heterocycles. The van der Waals surface area contributed by atoms with E-state index in [1.807, 2.05) is 7.05 Å². The fourth-order valence-corrected chi connectivity index (χ4v) is 2.55. The minimum Gasteiger partial charge on any atom is -0.404 e. The molecule has 0 aliphatic heterocycles. The van der Waals surface area contributed by atoms with Crippen molar-refractivity contribution < 1.29 is 0 Å². The molecule has 4 nitrogen and oxygen atoms in total. The maximum atomic E-state index is 8.32. The third-order valence-corrected chi connectivity index (χ3v) is 3.74. The molecule has 0 aromatic rings. The van der Waals surface area contributed by atoms with Gasteiger partial charge in [-0.15, -0.1) is 0 Å². The zero-order valence-corrected chi connectivity index (χ0v) is 11.8. The Bertz CT molecular complexity index is 280. The average molecular weight is 252 g/mol. The first-order valence-electron chi connectivity index (χ1n) is 7.01. The standard InChI is InChI=1S/C14H28N4/c1-17-8-9-18(2)11-13(10-15)14(16)12-6-4-3-5-7-12/h10,12,16-17H,3-9,11,15H2,1-2H3/b13-10-,16-14?. The van der Waals surface area contributed by atoms with Gasteiger partial charge in [-0.25, -0.2) is 0 Å². The molecule has 1 rings (SSSR count). The van der Waals surface area contributed by atoms with Gasteiger partial charge in [-0.2, -0.15) is 0 Å². The monoisotopic (exact) mass is 252 g/mol. The van der Waals surface area contributed by atoms with Gasteiger partial charge in [0.25, 0.3) is 0 Å². The molecule has 1 aliphatic rings. The van der Waals surface area contributed by atoms with Crippen LogP contribution in [0.4, 0.5) is 0 Å². The number of nitrogens with two attached hydrogens (primary N) is 1. The molecule has 1 fully saturated rings. The Labute approximate surface area is 111 Å². The Morgan fingerprint density at radius 3 is 2.61 bits per heavy atom. The first kappa shape index (κ1) is 15.2. The van der Waals surface area contributed by atoms with Crippen molar-refractivity contribution in [1.29, 1.82) is 5.41 Å². The van der Waals surface area contributed by atoms with Crippen LogP contribution < -0.4 is 11.1 Å². The van der Waals surface area contributed by atoms with Gasteiger partial charge in [0.05, 0.1) is 0 Å². The van der Waals surface area contributed by atoms with Gasteiger partial charge in [0.15, 0.2) is 0 Å². The van der Waals surface area contributed by atoms with Gasteiger partial charge in [0, 0.05) is 43.0 Å². The third kappa shape index (κ3) is 4.78. The number of nitrogens with zero attached hydrogens (tertiary/aromatic N) is 1. The summed E-state index contributed by atoms with van der Waals surface area (Å²) in [5, 5.41) is 11.5. The van der Waals surface area contributed by atoms with E-state index in [1.54, 1.807) is 6.20 Å². The summed E-state index contributed by atoms with van der Waals surface area (Å²) in [5.41, 5.74) is 7.48. The molecule has 1 saturated carbocycles. The van der Waals surface area contributed by atoms with E-state index in [9.17, 15) is 0 Å². The molecular formula is C14H28N4. The fourth-order valence-electron chi connectivity index (χ4n) is 2.55. The van der Waals surface area contributed by atoms with Crippen LogP contribution in [0.5, 0.6) is 0 Å². The van der Waals surface area contributed by atoms with Crippen molar-refractivity contribution in [2.24, 2.45) is 11.7 Å². The summed E-state index contributed by atoms with van der Waals surface area (Å²) in [4.78, 5) is 2.21. The number of rotatable bonds is 7. The Morgan fingerprint density at radius 2 is 2.06 bits per heavy atom. The first-order chi connectivity index (χ1) is 8.69. The maximum absolute atomic E-state index is 8.32. The molecule has 4 N–H and O–H groups in total. The number of nitrogens with one attached hydrogen (secondary N) is 2. The van der Waals surface area contributed by atoms with Gasteiger partial charge in [0.1, 0.15) is 0 Å². The predicted molar refractivity (Wildman–Crippen MR) is 78.0 cm³/mol. The van der Waals surface area contributed by atoms with Crippen LogP contribution in [0.15, 0.2) is 11.8 Å². The summed E-state index contributed by atoms with van der Waals surface area (Å²) in [6.45, 7) is 2.73. The molecule has 0 amide bonds. The van der Waals surface area contributed by atoms with Gasteiger partial charge in [-0.1, -0.05) is 19.3 Å². The second-order valence-corrected chi connectivity index (χ2v) is 5.28. The zero-order chi connectivity index (χ0) is 13.4. The Morgan fingerprint density at radius 1 is 1.39 bits per heavy atom. The largest absolute Gasteiger partial charge is 0.404 e. The van der Waals surface area contributed by atoms with E-state index in [0.717, 1.165) is 43.8 Å². The van der Waals surface area contributed by atoms with E-state index in [-0.39, 0.29) is 0 Å².